The van der Waals surface area contributed by atoms with Gasteiger partial charge in [0, 0.05) is 19.8 Å². The molecule has 2 rings (SSSR count). The van der Waals surface area contributed by atoms with Crippen molar-refractivity contribution >= 4 is 5.91 Å². The second-order valence-corrected chi connectivity index (χ2v) is 6.62. The summed E-state index contributed by atoms with van der Waals surface area (Å²) in [7, 11) is 1.84. The fourth-order valence-electron chi connectivity index (χ4n) is 3.01. The molecule has 0 bridgehead atoms. The Bertz CT molecular complexity index is 513. The van der Waals surface area contributed by atoms with Crippen LogP contribution in [0.2, 0.25) is 0 Å². The number of fused-ring (bicyclic) bond motifs is 1. The number of carbonyl (C=O) groups excluding carboxylic acids is 1. The Morgan fingerprint density at radius 3 is 2.62 bits per heavy atom. The first-order valence-electron chi connectivity index (χ1n) is 9.25. The number of amides is 1. The summed E-state index contributed by atoms with van der Waals surface area (Å²) in [6, 6.07) is 3.57. The zero-order valence-corrected chi connectivity index (χ0v) is 15.3. The summed E-state index contributed by atoms with van der Waals surface area (Å²) in [4.78, 5) is 20.9. The number of ether oxygens (including phenoxy) is 1. The number of rotatable bonds is 9. The van der Waals surface area contributed by atoms with Crippen molar-refractivity contribution in [3.05, 3.63) is 23.9 Å². The molecule has 1 aliphatic heterocycles. The summed E-state index contributed by atoms with van der Waals surface area (Å²) in [5.74, 6) is 0.472. The lowest BCUT2D eigenvalue weighted by Crippen LogP contribution is -2.37. The average Bonchev–Trinajstić information content (AvgIpc) is 2.71. The monoisotopic (exact) mass is 333 g/mol. The molecule has 1 aromatic rings. The van der Waals surface area contributed by atoms with Crippen LogP contribution in [-0.4, -0.2) is 60.0 Å². The summed E-state index contributed by atoms with van der Waals surface area (Å²) in [6.07, 6.45) is 7.51. The van der Waals surface area contributed by atoms with Crippen LogP contribution >= 0.6 is 0 Å². The summed E-state index contributed by atoms with van der Waals surface area (Å²) in [5.41, 5.74) is 0.566. The standard InChI is InChI=1S/C19H31N3O2/c1-4-6-12-22(13-7-5-2)14-10-16-15-21(3)19(23)17-9-8-11-20-18(17)24-16/h8-9,11,16H,4-7,10,12-15H2,1-3H3. The number of likely N-dealkylation sites (N-methyl/N-ethyl adjacent to an activating group) is 1. The third kappa shape index (κ3) is 5.20. The van der Waals surface area contributed by atoms with Gasteiger partial charge in [0.05, 0.1) is 6.54 Å². The van der Waals surface area contributed by atoms with E-state index in [9.17, 15) is 4.79 Å². The smallest absolute Gasteiger partial charge is 0.259 e. The third-order valence-electron chi connectivity index (χ3n) is 4.53. The molecular formula is C19H31N3O2. The van der Waals surface area contributed by atoms with Gasteiger partial charge >= 0.3 is 0 Å². The van der Waals surface area contributed by atoms with Crippen LogP contribution in [0.15, 0.2) is 18.3 Å². The molecule has 2 heterocycles. The van der Waals surface area contributed by atoms with Gasteiger partial charge in [-0.15, -0.1) is 0 Å². The molecule has 5 heteroatoms. The maximum atomic E-state index is 12.4. The Balaban J connectivity index is 1.97. The van der Waals surface area contributed by atoms with E-state index >= 15 is 0 Å². The van der Waals surface area contributed by atoms with E-state index in [1.807, 2.05) is 7.05 Å². The molecule has 1 amide bonds. The van der Waals surface area contributed by atoms with Gasteiger partial charge < -0.3 is 14.5 Å². The molecule has 0 spiro atoms. The predicted octanol–water partition coefficient (Wildman–Crippen LogP) is 3.21. The van der Waals surface area contributed by atoms with Gasteiger partial charge in [0.2, 0.25) is 5.88 Å². The highest BCUT2D eigenvalue weighted by molar-refractivity contribution is 5.96. The van der Waals surface area contributed by atoms with Crippen LogP contribution in [0, 0.1) is 0 Å². The van der Waals surface area contributed by atoms with Gasteiger partial charge in [0.1, 0.15) is 11.7 Å². The Labute approximate surface area is 146 Å². The van der Waals surface area contributed by atoms with Crippen LogP contribution in [0.25, 0.3) is 0 Å². The number of nitrogens with zero attached hydrogens (tertiary/aromatic N) is 3. The van der Waals surface area contributed by atoms with Gasteiger partial charge in [0.15, 0.2) is 0 Å². The lowest BCUT2D eigenvalue weighted by Gasteiger charge is -2.26. The number of unbranched alkanes of at least 4 members (excludes halogenated alkanes) is 2. The Hall–Kier alpha value is -1.62. The van der Waals surface area contributed by atoms with Crippen LogP contribution in [0.5, 0.6) is 5.88 Å². The molecular weight excluding hydrogens is 302 g/mol. The number of aromatic nitrogens is 1. The van der Waals surface area contributed by atoms with E-state index in [4.69, 9.17) is 4.74 Å². The van der Waals surface area contributed by atoms with Crippen LogP contribution < -0.4 is 4.74 Å². The Morgan fingerprint density at radius 1 is 1.25 bits per heavy atom. The van der Waals surface area contributed by atoms with Gasteiger partial charge in [-0.25, -0.2) is 4.98 Å². The zero-order chi connectivity index (χ0) is 17.4. The number of hydrogen-bond acceptors (Lipinski definition) is 4. The van der Waals surface area contributed by atoms with E-state index in [1.54, 1.807) is 23.2 Å². The topological polar surface area (TPSA) is 45.7 Å². The molecule has 0 N–H and O–H groups in total. The molecule has 0 aromatic carbocycles. The van der Waals surface area contributed by atoms with Gasteiger partial charge in [-0.1, -0.05) is 26.7 Å². The summed E-state index contributed by atoms with van der Waals surface area (Å²) in [5, 5.41) is 0. The van der Waals surface area contributed by atoms with E-state index in [2.05, 4.69) is 23.7 Å². The summed E-state index contributed by atoms with van der Waals surface area (Å²) in [6.45, 7) is 8.38. The quantitative estimate of drug-likeness (QED) is 0.696. The van der Waals surface area contributed by atoms with E-state index < -0.39 is 0 Å². The largest absolute Gasteiger partial charge is 0.472 e. The Morgan fingerprint density at radius 2 is 1.96 bits per heavy atom. The minimum Gasteiger partial charge on any atom is -0.472 e. The van der Waals surface area contributed by atoms with E-state index in [0.717, 1.165) is 26.1 Å². The summed E-state index contributed by atoms with van der Waals surface area (Å²) < 4.78 is 6.06. The first kappa shape index (κ1) is 18.7. The predicted molar refractivity (Wildman–Crippen MR) is 96.5 cm³/mol. The van der Waals surface area contributed by atoms with Crippen molar-refractivity contribution in [2.45, 2.75) is 52.1 Å². The highest BCUT2D eigenvalue weighted by Gasteiger charge is 2.27. The van der Waals surface area contributed by atoms with Gasteiger partial charge in [0.25, 0.3) is 5.91 Å². The SMILES string of the molecule is CCCCN(CCCC)CCC1CN(C)C(=O)c2cccnc2O1. The molecule has 0 radical (unpaired) electrons. The number of pyridine rings is 1. The first-order chi connectivity index (χ1) is 11.7. The van der Waals surface area contributed by atoms with Crippen LogP contribution in [0.1, 0.15) is 56.3 Å². The lowest BCUT2D eigenvalue weighted by molar-refractivity contribution is 0.0743. The molecule has 0 saturated carbocycles. The highest BCUT2D eigenvalue weighted by Crippen LogP contribution is 2.22. The van der Waals surface area contributed by atoms with E-state index in [1.165, 1.54) is 25.7 Å². The van der Waals surface area contributed by atoms with Gasteiger partial charge in [-0.2, -0.15) is 0 Å². The van der Waals surface area contributed by atoms with Crippen molar-refractivity contribution in [3.63, 3.8) is 0 Å². The van der Waals surface area contributed by atoms with Gasteiger partial charge in [-0.3, -0.25) is 4.79 Å². The van der Waals surface area contributed by atoms with Crippen LogP contribution in [0.3, 0.4) is 0 Å². The fourth-order valence-corrected chi connectivity index (χ4v) is 3.01. The molecule has 5 nitrogen and oxygen atoms in total. The average molecular weight is 333 g/mol. The van der Waals surface area contributed by atoms with E-state index in [0.29, 0.717) is 18.0 Å². The maximum Gasteiger partial charge on any atom is 0.259 e. The first-order valence-corrected chi connectivity index (χ1v) is 9.25. The highest BCUT2D eigenvalue weighted by atomic mass is 16.5. The van der Waals surface area contributed by atoms with E-state index in [-0.39, 0.29) is 12.0 Å². The van der Waals surface area contributed by atoms with Crippen molar-refractivity contribution < 1.29 is 9.53 Å². The fraction of sp³-hybridized carbons (Fsp3) is 0.684. The number of hydrogen-bond donors (Lipinski definition) is 0. The second-order valence-electron chi connectivity index (χ2n) is 6.62. The minimum absolute atomic E-state index is 0.000790. The van der Waals surface area contributed by atoms with Crippen molar-refractivity contribution in [1.29, 1.82) is 0 Å². The number of carbonyl (C=O) groups is 1. The molecule has 1 atom stereocenters. The molecule has 24 heavy (non-hydrogen) atoms. The molecule has 134 valence electrons. The molecule has 0 fully saturated rings. The van der Waals surface area contributed by atoms with Crippen molar-refractivity contribution in [2.75, 3.05) is 33.2 Å². The second kappa shape index (κ2) is 9.62. The molecule has 1 unspecified atom stereocenters. The van der Waals surface area contributed by atoms with Gasteiger partial charge in [-0.05, 0) is 44.5 Å². The van der Waals surface area contributed by atoms with Crippen molar-refractivity contribution in [2.24, 2.45) is 0 Å². The maximum absolute atomic E-state index is 12.4. The van der Waals surface area contributed by atoms with Crippen molar-refractivity contribution in [1.82, 2.24) is 14.8 Å². The van der Waals surface area contributed by atoms with Crippen molar-refractivity contribution in [3.8, 4) is 5.88 Å². The zero-order valence-electron chi connectivity index (χ0n) is 15.3. The normalized spacial score (nSPS) is 17.6. The van der Waals surface area contributed by atoms with Crippen LogP contribution in [-0.2, 0) is 0 Å². The Kier molecular flexibility index (Phi) is 7.50. The third-order valence-corrected chi connectivity index (χ3v) is 4.53. The molecule has 0 aliphatic carbocycles. The molecule has 0 saturated heterocycles. The molecule has 1 aliphatic rings. The summed E-state index contributed by atoms with van der Waals surface area (Å²) >= 11 is 0. The molecule has 1 aromatic heterocycles. The van der Waals surface area contributed by atoms with Crippen LogP contribution in [0.4, 0.5) is 0 Å². The minimum atomic E-state index is -0.00516. The lowest BCUT2D eigenvalue weighted by atomic mass is 10.2.